The summed E-state index contributed by atoms with van der Waals surface area (Å²) in [7, 11) is 0.517. The summed E-state index contributed by atoms with van der Waals surface area (Å²) < 4.78 is 4.76. The largest absolute Gasteiger partial charge is 0.529 e. The molecule has 0 saturated heterocycles. The Hall–Kier alpha value is -0.613. The molecule has 0 heterocycles. The lowest BCUT2D eigenvalue weighted by Gasteiger charge is -2.06. The number of nitrogens with two attached hydrogens (primary N) is 1. The summed E-state index contributed by atoms with van der Waals surface area (Å²) in [6.07, 6.45) is 19.7. The molecule has 0 spiro atoms. The van der Waals surface area contributed by atoms with E-state index in [1.165, 1.54) is 44.9 Å². The van der Waals surface area contributed by atoms with Crippen molar-refractivity contribution in [2.45, 2.75) is 96.4 Å². The van der Waals surface area contributed by atoms with Crippen molar-refractivity contribution in [1.29, 1.82) is 0 Å². The molecule has 0 saturated carbocycles. The van der Waals surface area contributed by atoms with Gasteiger partial charge in [0, 0.05) is 12.5 Å². The zero-order valence-corrected chi connectivity index (χ0v) is 16.8. The average Bonchev–Trinajstić information content (AvgIpc) is 2.52. The molecular formula is C18H37NO2Si. The van der Waals surface area contributed by atoms with Crippen LogP contribution in [0.3, 0.4) is 0 Å². The molecule has 0 aromatic heterocycles. The summed E-state index contributed by atoms with van der Waals surface area (Å²) in [6.45, 7) is 2.25. The standard InChI is InChI=1S/C18H37NO2Si/c1-2-3-4-5-6-7-8-11-14-17(19)15-12-9-10-13-16-18(20)21-22/h11,14,17H,2-10,12-13,15-16,19H2,1,22H3/b14-11-. The second-order valence-corrected chi connectivity index (χ2v) is 6.59. The summed E-state index contributed by atoms with van der Waals surface area (Å²) in [5.41, 5.74) is 6.08. The number of carbonyl (C=O) groups excluding carboxylic acids is 1. The molecule has 0 radical (unpaired) electrons. The normalized spacial score (nSPS) is 12.8. The van der Waals surface area contributed by atoms with Gasteiger partial charge in [-0.1, -0.05) is 70.4 Å². The van der Waals surface area contributed by atoms with Gasteiger partial charge >= 0.3 is 0 Å². The zero-order valence-electron chi connectivity index (χ0n) is 14.8. The van der Waals surface area contributed by atoms with Gasteiger partial charge in [0.1, 0.15) is 0 Å². The van der Waals surface area contributed by atoms with Gasteiger partial charge in [-0.2, -0.15) is 0 Å². The highest BCUT2D eigenvalue weighted by molar-refractivity contribution is 6.05. The molecule has 0 aromatic carbocycles. The third kappa shape index (κ3) is 15.8. The molecule has 0 amide bonds. The van der Waals surface area contributed by atoms with E-state index in [1.54, 1.807) is 0 Å². The summed E-state index contributed by atoms with van der Waals surface area (Å²) >= 11 is 0. The van der Waals surface area contributed by atoms with Crippen molar-refractivity contribution in [3.63, 3.8) is 0 Å². The quantitative estimate of drug-likeness (QED) is 0.283. The van der Waals surface area contributed by atoms with E-state index >= 15 is 0 Å². The van der Waals surface area contributed by atoms with Crippen molar-refractivity contribution < 1.29 is 9.22 Å². The molecule has 0 aromatic rings. The number of hydrogen-bond donors (Lipinski definition) is 1. The van der Waals surface area contributed by atoms with Crippen LogP contribution in [-0.4, -0.2) is 22.5 Å². The fourth-order valence-corrected chi connectivity index (χ4v) is 2.72. The minimum atomic E-state index is -0.0407. The highest BCUT2D eigenvalue weighted by atomic mass is 28.2. The predicted molar refractivity (Wildman–Crippen MR) is 98.8 cm³/mol. The van der Waals surface area contributed by atoms with Gasteiger partial charge in [0.05, 0.1) is 0 Å². The average molecular weight is 328 g/mol. The number of hydrogen-bond acceptors (Lipinski definition) is 3. The van der Waals surface area contributed by atoms with E-state index in [-0.39, 0.29) is 12.0 Å². The maximum absolute atomic E-state index is 11.0. The molecule has 2 N–H and O–H groups in total. The van der Waals surface area contributed by atoms with Crippen LogP contribution in [0.2, 0.25) is 0 Å². The van der Waals surface area contributed by atoms with E-state index in [1.807, 2.05) is 0 Å². The minimum absolute atomic E-state index is 0.0407. The lowest BCUT2D eigenvalue weighted by molar-refractivity contribution is -0.134. The van der Waals surface area contributed by atoms with E-state index in [0.29, 0.717) is 16.9 Å². The van der Waals surface area contributed by atoms with E-state index < -0.39 is 0 Å². The lowest BCUT2D eigenvalue weighted by atomic mass is 10.1. The Labute approximate surface area is 140 Å². The third-order valence-electron chi connectivity index (χ3n) is 4.00. The second kappa shape index (κ2) is 16.8. The molecular weight excluding hydrogens is 290 g/mol. The van der Waals surface area contributed by atoms with Crippen LogP contribution in [0.5, 0.6) is 0 Å². The van der Waals surface area contributed by atoms with E-state index in [2.05, 4.69) is 19.1 Å². The first kappa shape index (κ1) is 21.4. The van der Waals surface area contributed by atoms with Crippen LogP contribution in [0.4, 0.5) is 0 Å². The van der Waals surface area contributed by atoms with Crippen LogP contribution in [-0.2, 0) is 9.22 Å². The van der Waals surface area contributed by atoms with Crippen LogP contribution in [0.25, 0.3) is 0 Å². The van der Waals surface area contributed by atoms with Gasteiger partial charge in [0.2, 0.25) is 10.5 Å². The Morgan fingerprint density at radius 2 is 1.68 bits per heavy atom. The minimum Gasteiger partial charge on any atom is -0.529 e. The van der Waals surface area contributed by atoms with Crippen LogP contribution >= 0.6 is 0 Å². The maximum atomic E-state index is 11.0. The van der Waals surface area contributed by atoms with Crippen molar-refractivity contribution in [2.24, 2.45) is 5.73 Å². The molecule has 0 aliphatic heterocycles. The molecule has 22 heavy (non-hydrogen) atoms. The Morgan fingerprint density at radius 1 is 1.05 bits per heavy atom. The SMILES string of the molecule is CCCCCCCC/C=C\C(N)CCCCCCC(=O)O[SiH3]. The van der Waals surface area contributed by atoms with Crippen LogP contribution < -0.4 is 5.73 Å². The summed E-state index contributed by atoms with van der Waals surface area (Å²) in [6, 6.07) is 0.201. The van der Waals surface area contributed by atoms with Gasteiger partial charge in [-0.15, -0.1) is 0 Å². The van der Waals surface area contributed by atoms with Gasteiger partial charge in [-0.25, -0.2) is 0 Å². The van der Waals surface area contributed by atoms with Gasteiger partial charge < -0.3 is 10.2 Å². The summed E-state index contributed by atoms with van der Waals surface area (Å²) in [5, 5.41) is 0. The van der Waals surface area contributed by atoms with Crippen LogP contribution in [0.1, 0.15) is 90.4 Å². The number of rotatable bonds is 15. The molecule has 3 nitrogen and oxygen atoms in total. The molecule has 130 valence electrons. The van der Waals surface area contributed by atoms with Crippen molar-refractivity contribution in [1.82, 2.24) is 0 Å². The van der Waals surface area contributed by atoms with Crippen molar-refractivity contribution >= 4 is 16.5 Å². The van der Waals surface area contributed by atoms with E-state index in [0.717, 1.165) is 32.1 Å². The second-order valence-electron chi connectivity index (χ2n) is 6.18. The van der Waals surface area contributed by atoms with Gasteiger partial charge in [-0.05, 0) is 25.7 Å². The number of unbranched alkanes of at least 4 members (excludes halogenated alkanes) is 9. The van der Waals surface area contributed by atoms with Crippen molar-refractivity contribution in [3.05, 3.63) is 12.2 Å². The molecule has 1 unspecified atom stereocenters. The van der Waals surface area contributed by atoms with Crippen molar-refractivity contribution in [3.8, 4) is 0 Å². The molecule has 0 rings (SSSR count). The Morgan fingerprint density at radius 3 is 2.41 bits per heavy atom. The fourth-order valence-electron chi connectivity index (χ4n) is 2.51. The molecule has 1 atom stereocenters. The first-order valence-corrected chi connectivity index (χ1v) is 10.0. The number of allylic oxidation sites excluding steroid dienone is 1. The highest BCUT2D eigenvalue weighted by Crippen LogP contribution is 2.09. The van der Waals surface area contributed by atoms with E-state index in [9.17, 15) is 4.79 Å². The number of carbonyl (C=O) groups is 1. The zero-order chi connectivity index (χ0) is 16.5. The monoisotopic (exact) mass is 327 g/mol. The van der Waals surface area contributed by atoms with Crippen LogP contribution in [0, 0.1) is 0 Å². The third-order valence-corrected chi connectivity index (χ3v) is 4.46. The summed E-state index contributed by atoms with van der Waals surface area (Å²) in [4.78, 5) is 11.0. The van der Waals surface area contributed by atoms with Gasteiger partial charge in [-0.3, -0.25) is 4.79 Å². The molecule has 0 bridgehead atoms. The predicted octanol–water partition coefficient (Wildman–Crippen LogP) is 3.78. The molecule has 0 aliphatic carbocycles. The lowest BCUT2D eigenvalue weighted by Crippen LogP contribution is -2.16. The Balaban J connectivity index is 3.32. The first-order chi connectivity index (χ1) is 10.7. The highest BCUT2D eigenvalue weighted by Gasteiger charge is 2.00. The molecule has 4 heteroatoms. The van der Waals surface area contributed by atoms with Crippen molar-refractivity contribution in [2.75, 3.05) is 0 Å². The molecule has 0 fully saturated rings. The smallest absolute Gasteiger partial charge is 0.291 e. The van der Waals surface area contributed by atoms with Gasteiger partial charge in [0.25, 0.3) is 5.97 Å². The summed E-state index contributed by atoms with van der Waals surface area (Å²) in [5.74, 6) is -0.0407. The Bertz CT molecular complexity index is 282. The first-order valence-electron chi connectivity index (χ1n) is 9.19. The topological polar surface area (TPSA) is 52.3 Å². The maximum Gasteiger partial charge on any atom is 0.291 e. The Kier molecular flexibility index (Phi) is 16.3. The van der Waals surface area contributed by atoms with Gasteiger partial charge in [0.15, 0.2) is 0 Å². The van der Waals surface area contributed by atoms with E-state index in [4.69, 9.17) is 10.2 Å². The molecule has 0 aliphatic rings. The fraction of sp³-hybridized carbons (Fsp3) is 0.833. The van der Waals surface area contributed by atoms with Crippen LogP contribution in [0.15, 0.2) is 12.2 Å².